The summed E-state index contributed by atoms with van der Waals surface area (Å²) in [7, 11) is 0. The molecule has 0 spiro atoms. The summed E-state index contributed by atoms with van der Waals surface area (Å²) < 4.78 is 2.08. The van der Waals surface area contributed by atoms with Gasteiger partial charge in [-0.3, -0.25) is 9.59 Å². The standard InChI is InChI=1S/C43H34N8O2/c1-25-12-11-17-39(40(25)43(53)50(24-52)36-16-10-9-15-33(36)30-13-7-6-8-14-30)51-37-20-18-31(41-46-26(2)44-27(3)47-41)22-34(37)35-23-32(19-21-38(35)51)42-48-28(4)45-29(5)49-42/h6-24H,1-5H3. The molecule has 8 rings (SSSR count). The van der Waals surface area contributed by atoms with Gasteiger partial charge in [0.1, 0.15) is 23.3 Å². The molecule has 0 saturated heterocycles. The maximum Gasteiger partial charge on any atom is 0.267 e. The van der Waals surface area contributed by atoms with Gasteiger partial charge in [0.2, 0.25) is 6.41 Å². The van der Waals surface area contributed by atoms with E-state index in [-0.39, 0.29) is 0 Å². The van der Waals surface area contributed by atoms with Gasteiger partial charge >= 0.3 is 0 Å². The van der Waals surface area contributed by atoms with Crippen molar-refractivity contribution in [3.05, 3.63) is 144 Å². The van der Waals surface area contributed by atoms with Crippen LogP contribution in [0.2, 0.25) is 0 Å². The molecule has 53 heavy (non-hydrogen) atoms. The van der Waals surface area contributed by atoms with Crippen LogP contribution in [0.3, 0.4) is 0 Å². The second-order valence-electron chi connectivity index (χ2n) is 12.9. The number of carbonyl (C=O) groups is 2. The quantitative estimate of drug-likeness (QED) is 0.152. The lowest BCUT2D eigenvalue weighted by atomic mass is 10.0. The topological polar surface area (TPSA) is 120 Å². The molecule has 5 aromatic carbocycles. The van der Waals surface area contributed by atoms with Crippen molar-refractivity contribution in [2.45, 2.75) is 34.6 Å². The minimum absolute atomic E-state index is 0.404. The molecule has 0 saturated carbocycles. The number of aromatic nitrogens is 7. The molecule has 0 unspecified atom stereocenters. The van der Waals surface area contributed by atoms with Gasteiger partial charge in [0.25, 0.3) is 5.91 Å². The molecule has 3 heterocycles. The zero-order valence-electron chi connectivity index (χ0n) is 29.9. The number of para-hydroxylation sites is 1. The number of rotatable bonds is 7. The Labute approximate surface area is 305 Å². The van der Waals surface area contributed by atoms with Gasteiger partial charge in [0, 0.05) is 27.5 Å². The molecule has 0 bridgehead atoms. The number of benzene rings is 5. The van der Waals surface area contributed by atoms with E-state index in [9.17, 15) is 9.59 Å². The first kappa shape index (κ1) is 33.2. The zero-order valence-corrected chi connectivity index (χ0v) is 29.9. The fourth-order valence-electron chi connectivity index (χ4n) is 7.05. The molecule has 0 aliphatic rings. The molecule has 258 valence electrons. The third-order valence-corrected chi connectivity index (χ3v) is 9.28. The van der Waals surface area contributed by atoms with Gasteiger partial charge in [-0.2, -0.15) is 0 Å². The van der Waals surface area contributed by atoms with Crippen molar-refractivity contribution in [1.82, 2.24) is 34.5 Å². The minimum Gasteiger partial charge on any atom is -0.308 e. The van der Waals surface area contributed by atoms with E-state index < -0.39 is 5.91 Å². The van der Waals surface area contributed by atoms with Crippen LogP contribution < -0.4 is 4.90 Å². The maximum atomic E-state index is 14.8. The van der Waals surface area contributed by atoms with E-state index in [0.717, 1.165) is 49.6 Å². The lowest BCUT2D eigenvalue weighted by Gasteiger charge is -2.23. The van der Waals surface area contributed by atoms with Crippen LogP contribution in [0, 0.1) is 34.6 Å². The van der Waals surface area contributed by atoms with Gasteiger partial charge in [-0.05, 0) is 94.3 Å². The number of fused-ring (bicyclic) bond motifs is 3. The fraction of sp³-hybridized carbons (Fsp3) is 0.116. The van der Waals surface area contributed by atoms with Crippen molar-refractivity contribution in [2.24, 2.45) is 0 Å². The third-order valence-electron chi connectivity index (χ3n) is 9.28. The predicted molar refractivity (Wildman–Crippen MR) is 207 cm³/mol. The van der Waals surface area contributed by atoms with Crippen LogP contribution in [-0.2, 0) is 4.79 Å². The molecule has 0 atom stereocenters. The smallest absolute Gasteiger partial charge is 0.267 e. The van der Waals surface area contributed by atoms with Crippen molar-refractivity contribution in [1.29, 1.82) is 0 Å². The number of nitrogens with zero attached hydrogens (tertiary/aromatic N) is 8. The van der Waals surface area contributed by atoms with Crippen molar-refractivity contribution in [2.75, 3.05) is 4.90 Å². The lowest BCUT2D eigenvalue weighted by molar-refractivity contribution is -0.106. The predicted octanol–water partition coefficient (Wildman–Crippen LogP) is 8.50. The molecule has 10 nitrogen and oxygen atoms in total. The highest BCUT2D eigenvalue weighted by Gasteiger charge is 2.27. The molecule has 2 amide bonds. The third kappa shape index (κ3) is 5.99. The molecule has 0 fully saturated rings. The van der Waals surface area contributed by atoms with Crippen LogP contribution in [0.15, 0.2) is 109 Å². The van der Waals surface area contributed by atoms with Gasteiger partial charge in [-0.1, -0.05) is 60.7 Å². The maximum absolute atomic E-state index is 14.8. The van der Waals surface area contributed by atoms with Crippen LogP contribution in [0.1, 0.15) is 39.2 Å². The summed E-state index contributed by atoms with van der Waals surface area (Å²) in [4.78, 5) is 56.2. The number of aryl methyl sites for hydroxylation is 5. The van der Waals surface area contributed by atoms with Crippen LogP contribution in [-0.4, -0.2) is 46.8 Å². The molecule has 0 radical (unpaired) electrons. The Balaban J connectivity index is 1.37. The second kappa shape index (κ2) is 13.3. The van der Waals surface area contributed by atoms with Gasteiger partial charge in [-0.15, -0.1) is 0 Å². The summed E-state index contributed by atoms with van der Waals surface area (Å²) in [6.07, 6.45) is 0.599. The fourth-order valence-corrected chi connectivity index (χ4v) is 7.05. The molecule has 0 aliphatic carbocycles. The van der Waals surface area contributed by atoms with Crippen LogP contribution >= 0.6 is 0 Å². The van der Waals surface area contributed by atoms with E-state index in [2.05, 4.69) is 46.6 Å². The highest BCUT2D eigenvalue weighted by atomic mass is 16.2. The summed E-state index contributed by atoms with van der Waals surface area (Å²) in [6, 6.07) is 35.1. The van der Waals surface area contributed by atoms with Crippen molar-refractivity contribution in [3.63, 3.8) is 0 Å². The zero-order chi connectivity index (χ0) is 36.8. The van der Waals surface area contributed by atoms with Crippen molar-refractivity contribution in [3.8, 4) is 39.6 Å². The van der Waals surface area contributed by atoms with E-state index in [1.54, 1.807) is 6.07 Å². The summed E-state index contributed by atoms with van der Waals surface area (Å²) in [6.45, 7) is 9.30. The van der Waals surface area contributed by atoms with Gasteiger partial charge < -0.3 is 4.57 Å². The van der Waals surface area contributed by atoms with Gasteiger partial charge in [0.05, 0.1) is 28.0 Å². The van der Waals surface area contributed by atoms with E-state index in [1.807, 2.05) is 126 Å². The Morgan fingerprint density at radius 3 is 1.64 bits per heavy atom. The summed E-state index contributed by atoms with van der Waals surface area (Å²) in [5, 5.41) is 1.83. The normalized spacial score (nSPS) is 11.3. The average Bonchev–Trinajstić information content (AvgIpc) is 3.47. The van der Waals surface area contributed by atoms with E-state index in [4.69, 9.17) is 0 Å². The lowest BCUT2D eigenvalue weighted by Crippen LogP contribution is -2.31. The SMILES string of the molecule is Cc1nc(C)nc(-c2ccc3c(c2)c2cc(-c4nc(C)nc(C)n4)ccc2n3-c2cccc(C)c2C(=O)N(C=O)c2ccccc2-c2ccccc2)n1. The Hall–Kier alpha value is -6.94. The Morgan fingerprint density at radius 2 is 1.09 bits per heavy atom. The Bertz CT molecular complexity index is 2590. The summed E-state index contributed by atoms with van der Waals surface area (Å²) in [5.74, 6) is 3.24. The van der Waals surface area contributed by atoms with Gasteiger partial charge in [0.15, 0.2) is 11.6 Å². The monoisotopic (exact) mass is 694 g/mol. The van der Waals surface area contributed by atoms with E-state index >= 15 is 0 Å². The first-order chi connectivity index (χ1) is 25.7. The molecule has 8 aromatic rings. The highest BCUT2D eigenvalue weighted by molar-refractivity contribution is 6.20. The molecule has 0 N–H and O–H groups in total. The number of hydrogen-bond donors (Lipinski definition) is 0. The Morgan fingerprint density at radius 1 is 0.566 bits per heavy atom. The number of imide groups is 1. The summed E-state index contributed by atoms with van der Waals surface area (Å²) >= 11 is 0. The van der Waals surface area contributed by atoms with Crippen molar-refractivity contribution >= 4 is 39.8 Å². The number of anilines is 1. The summed E-state index contributed by atoms with van der Waals surface area (Å²) in [5.41, 5.74) is 7.30. The van der Waals surface area contributed by atoms with E-state index in [1.165, 1.54) is 4.90 Å². The van der Waals surface area contributed by atoms with E-state index in [0.29, 0.717) is 58.3 Å². The first-order valence-electron chi connectivity index (χ1n) is 17.2. The molecular formula is C43H34N8O2. The average molecular weight is 695 g/mol. The largest absolute Gasteiger partial charge is 0.308 e. The molecule has 0 aliphatic heterocycles. The molecule has 3 aromatic heterocycles. The van der Waals surface area contributed by atoms with Crippen LogP contribution in [0.5, 0.6) is 0 Å². The van der Waals surface area contributed by atoms with Crippen LogP contribution in [0.4, 0.5) is 5.69 Å². The number of carbonyl (C=O) groups excluding carboxylic acids is 2. The second-order valence-corrected chi connectivity index (χ2v) is 12.9. The minimum atomic E-state index is -0.438. The van der Waals surface area contributed by atoms with Gasteiger partial charge in [-0.25, -0.2) is 34.8 Å². The Kier molecular flexibility index (Phi) is 8.34. The highest BCUT2D eigenvalue weighted by Crippen LogP contribution is 2.39. The van der Waals surface area contributed by atoms with Crippen LogP contribution in [0.25, 0.3) is 61.4 Å². The molecular weight excluding hydrogens is 661 g/mol. The first-order valence-corrected chi connectivity index (χ1v) is 17.2. The van der Waals surface area contributed by atoms with Crippen molar-refractivity contribution < 1.29 is 9.59 Å². The number of hydrogen-bond acceptors (Lipinski definition) is 8. The molecule has 10 heteroatoms. The number of amides is 2.